The van der Waals surface area contributed by atoms with E-state index < -0.39 is 6.36 Å². The molecule has 0 saturated heterocycles. The van der Waals surface area contributed by atoms with E-state index in [4.69, 9.17) is 10.5 Å². The molecule has 8 heteroatoms. The fraction of sp³-hybridized carbons (Fsp3) is 0.357. The quantitative estimate of drug-likeness (QED) is 0.351. The first kappa shape index (κ1) is 17.8. The molecule has 0 bridgehead atoms. The highest BCUT2D eigenvalue weighted by Crippen LogP contribution is 2.29. The summed E-state index contributed by atoms with van der Waals surface area (Å²) < 4.78 is 45.9. The van der Waals surface area contributed by atoms with Gasteiger partial charge in [0.05, 0.1) is 25.4 Å². The summed E-state index contributed by atoms with van der Waals surface area (Å²) in [5.74, 6) is -0.413. The van der Waals surface area contributed by atoms with Gasteiger partial charge in [-0.2, -0.15) is 0 Å². The third-order valence-corrected chi connectivity index (χ3v) is 2.24. The minimum absolute atomic E-state index is 0.0304. The van der Waals surface area contributed by atoms with Gasteiger partial charge >= 0.3 is 6.36 Å². The van der Waals surface area contributed by atoms with Crippen LogP contribution >= 0.6 is 0 Å². The zero-order chi connectivity index (χ0) is 16.6. The number of hydrogen-bond acceptors (Lipinski definition) is 3. The molecule has 0 amide bonds. The molecule has 1 aromatic carbocycles. The number of para-hydroxylation sites is 2. The van der Waals surface area contributed by atoms with E-state index in [0.29, 0.717) is 13.2 Å². The van der Waals surface area contributed by atoms with Crippen molar-refractivity contribution in [3.8, 4) is 5.75 Å². The van der Waals surface area contributed by atoms with Gasteiger partial charge in [0.15, 0.2) is 11.7 Å². The van der Waals surface area contributed by atoms with E-state index in [0.717, 1.165) is 5.57 Å². The number of rotatable bonds is 7. The Hall–Kier alpha value is -2.22. The van der Waals surface area contributed by atoms with E-state index >= 15 is 0 Å². The molecule has 0 unspecified atom stereocenters. The lowest BCUT2D eigenvalue weighted by Crippen LogP contribution is -2.25. The number of aliphatic imine (C=N–C) groups is 1. The maximum atomic E-state index is 12.3. The number of halogens is 3. The molecule has 0 heterocycles. The Bertz CT molecular complexity index is 530. The summed E-state index contributed by atoms with van der Waals surface area (Å²) in [7, 11) is 0. The van der Waals surface area contributed by atoms with Crippen molar-refractivity contribution in [3.63, 3.8) is 0 Å². The van der Waals surface area contributed by atoms with Gasteiger partial charge in [0.1, 0.15) is 0 Å². The molecule has 0 spiro atoms. The highest BCUT2D eigenvalue weighted by atomic mass is 19.4. The molecule has 22 heavy (non-hydrogen) atoms. The summed E-state index contributed by atoms with van der Waals surface area (Å²) >= 11 is 0. The zero-order valence-corrected chi connectivity index (χ0v) is 12.1. The van der Waals surface area contributed by atoms with Crippen molar-refractivity contribution < 1.29 is 22.6 Å². The molecule has 0 aliphatic heterocycles. The van der Waals surface area contributed by atoms with Gasteiger partial charge in [0.2, 0.25) is 0 Å². The number of nitrogens with one attached hydrogen (secondary N) is 1. The molecule has 3 N–H and O–H groups in total. The summed E-state index contributed by atoms with van der Waals surface area (Å²) in [5, 5.41) is 2.56. The van der Waals surface area contributed by atoms with E-state index in [1.807, 2.05) is 6.92 Å². The Morgan fingerprint density at radius 1 is 1.36 bits per heavy atom. The molecule has 1 aromatic rings. The molecule has 5 nitrogen and oxygen atoms in total. The minimum Gasteiger partial charge on any atom is -0.404 e. The number of benzene rings is 1. The van der Waals surface area contributed by atoms with E-state index in [9.17, 15) is 13.2 Å². The lowest BCUT2D eigenvalue weighted by atomic mass is 10.3. The number of nitrogens with zero attached hydrogens (tertiary/aromatic N) is 1. The molecule has 0 atom stereocenters. The highest BCUT2D eigenvalue weighted by molar-refractivity contribution is 5.93. The van der Waals surface area contributed by atoms with Crippen LogP contribution in [0.1, 0.15) is 6.92 Å². The average molecular weight is 317 g/mol. The molecule has 0 aromatic heterocycles. The van der Waals surface area contributed by atoms with Gasteiger partial charge in [0, 0.05) is 0 Å². The maximum absolute atomic E-state index is 12.3. The van der Waals surface area contributed by atoms with Crippen molar-refractivity contribution in [1.29, 1.82) is 0 Å². The Labute approximate surface area is 126 Å². The molecular formula is C14H18F3N3O2. The van der Waals surface area contributed by atoms with E-state index in [1.54, 1.807) is 6.07 Å². The first-order chi connectivity index (χ1) is 10.3. The minimum atomic E-state index is -4.78. The lowest BCUT2D eigenvalue weighted by Gasteiger charge is -2.14. The monoisotopic (exact) mass is 317 g/mol. The molecule has 0 saturated carbocycles. The van der Waals surface area contributed by atoms with Crippen molar-refractivity contribution >= 4 is 11.6 Å². The zero-order valence-electron chi connectivity index (χ0n) is 12.1. The summed E-state index contributed by atoms with van der Waals surface area (Å²) in [6, 6.07) is 5.56. The van der Waals surface area contributed by atoms with Crippen molar-refractivity contribution in [2.75, 3.05) is 25.1 Å². The second kappa shape index (κ2) is 8.28. The Morgan fingerprint density at radius 2 is 2.05 bits per heavy atom. The van der Waals surface area contributed by atoms with E-state index in [-0.39, 0.29) is 23.9 Å². The van der Waals surface area contributed by atoms with Gasteiger partial charge in [0.25, 0.3) is 0 Å². The summed E-state index contributed by atoms with van der Waals surface area (Å²) in [6.07, 6.45) is -4.78. The Morgan fingerprint density at radius 3 is 2.68 bits per heavy atom. The predicted molar refractivity (Wildman–Crippen MR) is 78.9 cm³/mol. The van der Waals surface area contributed by atoms with Crippen molar-refractivity contribution in [2.24, 2.45) is 10.7 Å². The number of nitrogens with two attached hydrogens (primary N) is 1. The third kappa shape index (κ3) is 7.53. The van der Waals surface area contributed by atoms with Crippen LogP contribution in [0.5, 0.6) is 5.75 Å². The Balaban J connectivity index is 2.56. The van der Waals surface area contributed by atoms with Crippen LogP contribution in [-0.4, -0.2) is 32.1 Å². The van der Waals surface area contributed by atoms with Crippen LogP contribution in [-0.2, 0) is 4.74 Å². The molecule has 0 radical (unpaired) electrons. The van der Waals surface area contributed by atoms with Gasteiger partial charge in [-0.1, -0.05) is 24.3 Å². The second-order valence-corrected chi connectivity index (χ2v) is 4.45. The van der Waals surface area contributed by atoms with Crippen LogP contribution in [0.25, 0.3) is 0 Å². The fourth-order valence-corrected chi connectivity index (χ4v) is 1.44. The van der Waals surface area contributed by atoms with Gasteiger partial charge in [-0.3, -0.25) is 4.99 Å². The highest BCUT2D eigenvalue weighted by Gasteiger charge is 2.32. The van der Waals surface area contributed by atoms with Crippen LogP contribution in [0.2, 0.25) is 0 Å². The third-order valence-electron chi connectivity index (χ3n) is 2.24. The molecular weight excluding hydrogens is 299 g/mol. The predicted octanol–water partition coefficient (Wildman–Crippen LogP) is 2.90. The maximum Gasteiger partial charge on any atom is 0.573 e. The molecule has 0 aliphatic carbocycles. The number of guanidine groups is 1. The first-order valence-corrected chi connectivity index (χ1v) is 6.42. The molecule has 0 aliphatic rings. The van der Waals surface area contributed by atoms with Gasteiger partial charge < -0.3 is 20.5 Å². The lowest BCUT2D eigenvalue weighted by molar-refractivity contribution is -0.274. The number of anilines is 1. The number of hydrogen-bond donors (Lipinski definition) is 2. The van der Waals surface area contributed by atoms with Gasteiger partial charge in [-0.15, -0.1) is 13.2 Å². The largest absolute Gasteiger partial charge is 0.573 e. The summed E-state index contributed by atoms with van der Waals surface area (Å²) in [5.41, 5.74) is 6.57. The first-order valence-electron chi connectivity index (χ1n) is 6.42. The van der Waals surface area contributed by atoms with Crippen molar-refractivity contribution in [1.82, 2.24) is 0 Å². The van der Waals surface area contributed by atoms with Crippen molar-refractivity contribution in [3.05, 3.63) is 36.4 Å². The van der Waals surface area contributed by atoms with Crippen LogP contribution < -0.4 is 15.8 Å². The summed E-state index contributed by atoms with van der Waals surface area (Å²) in [6.45, 7) is 6.53. The Kier molecular flexibility index (Phi) is 6.71. The topological polar surface area (TPSA) is 68.9 Å². The normalized spacial score (nSPS) is 12.1. The van der Waals surface area contributed by atoms with Crippen LogP contribution in [0.4, 0.5) is 18.9 Å². The van der Waals surface area contributed by atoms with Crippen LogP contribution in [0.15, 0.2) is 41.4 Å². The van der Waals surface area contributed by atoms with Crippen LogP contribution in [0, 0.1) is 0 Å². The smallest absolute Gasteiger partial charge is 0.404 e. The second-order valence-electron chi connectivity index (χ2n) is 4.45. The number of ether oxygens (including phenoxy) is 2. The van der Waals surface area contributed by atoms with E-state index in [1.165, 1.54) is 18.2 Å². The van der Waals surface area contributed by atoms with Crippen LogP contribution in [0.3, 0.4) is 0 Å². The fourth-order valence-electron chi connectivity index (χ4n) is 1.44. The molecule has 1 rings (SSSR count). The van der Waals surface area contributed by atoms with Crippen molar-refractivity contribution in [2.45, 2.75) is 13.3 Å². The molecule has 122 valence electrons. The standard InChI is InChI=1S/C14H18F3N3O2/c1-10(2)9-21-8-7-19-13(18)20-11-5-3-4-6-12(11)22-14(15,16)17/h3-6H,1,7-9H2,2H3,(H3,18,19,20). The number of alkyl halides is 3. The SMILES string of the molecule is C=C(C)COCCN=C(N)Nc1ccccc1OC(F)(F)F. The molecule has 0 fully saturated rings. The van der Waals surface area contributed by atoms with Gasteiger partial charge in [-0.25, -0.2) is 0 Å². The van der Waals surface area contributed by atoms with Gasteiger partial charge in [-0.05, 0) is 19.1 Å². The average Bonchev–Trinajstić information content (AvgIpc) is 2.38. The van der Waals surface area contributed by atoms with E-state index in [2.05, 4.69) is 21.6 Å². The summed E-state index contributed by atoms with van der Waals surface area (Å²) in [4.78, 5) is 3.95.